The number of methoxy groups -OCH3 is 1. The second-order valence-corrected chi connectivity index (χ2v) is 6.92. The van der Waals surface area contributed by atoms with Crippen LogP contribution in [0.15, 0.2) is 48.5 Å². The highest BCUT2D eigenvalue weighted by Crippen LogP contribution is 2.18. The molecule has 1 aliphatic carbocycles. The van der Waals surface area contributed by atoms with Gasteiger partial charge in [0.05, 0.1) is 7.11 Å². The lowest BCUT2D eigenvalue weighted by molar-refractivity contribution is 0.0922. The number of benzene rings is 2. The monoisotopic (exact) mass is 366 g/mol. The molecule has 1 aliphatic rings. The number of amides is 2. The lowest BCUT2D eigenvalue weighted by Gasteiger charge is -2.22. The zero-order chi connectivity index (χ0) is 19.1. The molecule has 0 aliphatic heterocycles. The minimum absolute atomic E-state index is 0.0629. The SMILES string of the molecule is COc1ccc(CNC(=O)c2ccc(C(=O)NC3CCCCC3)cc2)cc1. The first-order valence-corrected chi connectivity index (χ1v) is 9.48. The molecule has 2 N–H and O–H groups in total. The van der Waals surface area contributed by atoms with Crippen molar-refractivity contribution in [2.75, 3.05) is 7.11 Å². The molecule has 0 heterocycles. The average molecular weight is 366 g/mol. The molecule has 5 nitrogen and oxygen atoms in total. The molecule has 142 valence electrons. The van der Waals surface area contributed by atoms with Crippen LogP contribution in [0.25, 0.3) is 0 Å². The maximum absolute atomic E-state index is 12.3. The molecule has 2 aromatic rings. The molecule has 5 heteroatoms. The van der Waals surface area contributed by atoms with Crippen molar-refractivity contribution < 1.29 is 14.3 Å². The molecule has 2 amide bonds. The van der Waals surface area contributed by atoms with Crippen LogP contribution >= 0.6 is 0 Å². The number of hydrogen-bond acceptors (Lipinski definition) is 3. The van der Waals surface area contributed by atoms with E-state index in [9.17, 15) is 9.59 Å². The van der Waals surface area contributed by atoms with Gasteiger partial charge < -0.3 is 15.4 Å². The summed E-state index contributed by atoms with van der Waals surface area (Å²) >= 11 is 0. The van der Waals surface area contributed by atoms with Crippen LogP contribution in [0.2, 0.25) is 0 Å². The van der Waals surface area contributed by atoms with Crippen molar-refractivity contribution in [3.8, 4) is 5.75 Å². The number of rotatable bonds is 6. The predicted molar refractivity (Wildman–Crippen MR) is 105 cm³/mol. The van der Waals surface area contributed by atoms with Gasteiger partial charge in [0, 0.05) is 23.7 Å². The van der Waals surface area contributed by atoms with Crippen molar-refractivity contribution in [1.29, 1.82) is 0 Å². The standard InChI is InChI=1S/C22H26N2O3/c1-27-20-13-7-16(8-14-20)15-23-21(25)17-9-11-18(12-10-17)22(26)24-19-5-3-2-4-6-19/h7-14,19H,2-6,15H2,1H3,(H,23,25)(H,24,26). The molecule has 3 rings (SSSR count). The third-order valence-corrected chi connectivity index (χ3v) is 4.96. The summed E-state index contributed by atoms with van der Waals surface area (Å²) in [7, 11) is 1.62. The average Bonchev–Trinajstić information content (AvgIpc) is 2.73. The fourth-order valence-electron chi connectivity index (χ4n) is 3.32. The Morgan fingerprint density at radius 3 is 2.07 bits per heavy atom. The maximum Gasteiger partial charge on any atom is 0.251 e. The number of nitrogens with one attached hydrogen (secondary N) is 2. The Morgan fingerprint density at radius 1 is 0.889 bits per heavy atom. The van der Waals surface area contributed by atoms with Gasteiger partial charge in [-0.15, -0.1) is 0 Å². The fourth-order valence-corrected chi connectivity index (χ4v) is 3.32. The minimum Gasteiger partial charge on any atom is -0.497 e. The first kappa shape index (κ1) is 19.0. The van der Waals surface area contributed by atoms with Gasteiger partial charge in [0.15, 0.2) is 0 Å². The quantitative estimate of drug-likeness (QED) is 0.819. The molecule has 0 spiro atoms. The van der Waals surface area contributed by atoms with E-state index in [2.05, 4.69) is 10.6 Å². The minimum atomic E-state index is -0.162. The molecule has 27 heavy (non-hydrogen) atoms. The summed E-state index contributed by atoms with van der Waals surface area (Å²) in [6, 6.07) is 14.6. The van der Waals surface area contributed by atoms with E-state index < -0.39 is 0 Å². The lowest BCUT2D eigenvalue weighted by atomic mass is 9.95. The van der Waals surface area contributed by atoms with Crippen LogP contribution in [0.3, 0.4) is 0 Å². The van der Waals surface area contributed by atoms with Crippen LogP contribution in [-0.2, 0) is 6.54 Å². The van der Waals surface area contributed by atoms with Crippen molar-refractivity contribution in [3.63, 3.8) is 0 Å². The Morgan fingerprint density at radius 2 is 1.48 bits per heavy atom. The molecule has 0 aromatic heterocycles. The highest BCUT2D eigenvalue weighted by molar-refractivity contribution is 5.97. The van der Waals surface area contributed by atoms with Gasteiger partial charge in [-0.3, -0.25) is 9.59 Å². The van der Waals surface area contributed by atoms with Crippen LogP contribution in [0.1, 0.15) is 58.4 Å². The molecule has 0 saturated heterocycles. The molecule has 0 unspecified atom stereocenters. The predicted octanol–water partition coefficient (Wildman–Crippen LogP) is 3.69. The van der Waals surface area contributed by atoms with Crippen molar-refractivity contribution in [2.45, 2.75) is 44.7 Å². The van der Waals surface area contributed by atoms with Crippen molar-refractivity contribution in [3.05, 3.63) is 65.2 Å². The Balaban J connectivity index is 1.52. The van der Waals surface area contributed by atoms with Gasteiger partial charge in [-0.05, 0) is 54.8 Å². The number of carbonyl (C=O) groups excluding carboxylic acids is 2. The molecule has 0 atom stereocenters. The van der Waals surface area contributed by atoms with E-state index in [0.717, 1.165) is 24.2 Å². The van der Waals surface area contributed by atoms with Gasteiger partial charge in [-0.2, -0.15) is 0 Å². The second-order valence-electron chi connectivity index (χ2n) is 6.92. The molecule has 0 radical (unpaired) electrons. The Bertz CT molecular complexity index is 763. The van der Waals surface area contributed by atoms with Crippen molar-refractivity contribution >= 4 is 11.8 Å². The first-order chi connectivity index (χ1) is 13.2. The van der Waals surface area contributed by atoms with Crippen LogP contribution in [-0.4, -0.2) is 25.0 Å². The summed E-state index contributed by atoms with van der Waals surface area (Å²) in [6.07, 6.45) is 5.72. The highest BCUT2D eigenvalue weighted by atomic mass is 16.5. The first-order valence-electron chi connectivity index (χ1n) is 9.48. The van der Waals surface area contributed by atoms with Gasteiger partial charge in [0.25, 0.3) is 11.8 Å². The van der Waals surface area contributed by atoms with Crippen LogP contribution < -0.4 is 15.4 Å². The summed E-state index contributed by atoms with van der Waals surface area (Å²) in [6.45, 7) is 0.437. The van der Waals surface area contributed by atoms with Gasteiger partial charge >= 0.3 is 0 Å². The lowest BCUT2D eigenvalue weighted by Crippen LogP contribution is -2.36. The Labute approximate surface area is 160 Å². The van der Waals surface area contributed by atoms with E-state index >= 15 is 0 Å². The summed E-state index contributed by atoms with van der Waals surface area (Å²) in [5.74, 6) is 0.560. The molecule has 1 fully saturated rings. The number of hydrogen-bond donors (Lipinski definition) is 2. The third kappa shape index (κ3) is 5.33. The number of carbonyl (C=O) groups is 2. The van der Waals surface area contributed by atoms with Crippen LogP contribution in [0.5, 0.6) is 5.75 Å². The summed E-state index contributed by atoms with van der Waals surface area (Å²) in [4.78, 5) is 24.6. The van der Waals surface area contributed by atoms with E-state index in [1.807, 2.05) is 24.3 Å². The zero-order valence-electron chi connectivity index (χ0n) is 15.7. The van der Waals surface area contributed by atoms with Gasteiger partial charge in [0.2, 0.25) is 0 Å². The van der Waals surface area contributed by atoms with E-state index in [4.69, 9.17) is 4.74 Å². The van der Waals surface area contributed by atoms with Crippen molar-refractivity contribution in [2.24, 2.45) is 0 Å². The largest absolute Gasteiger partial charge is 0.497 e. The van der Waals surface area contributed by atoms with Gasteiger partial charge in [-0.1, -0.05) is 31.4 Å². The summed E-state index contributed by atoms with van der Waals surface area (Å²) in [5.41, 5.74) is 2.12. The van der Waals surface area contributed by atoms with E-state index in [0.29, 0.717) is 17.7 Å². The van der Waals surface area contributed by atoms with E-state index in [1.54, 1.807) is 31.4 Å². The normalized spacial score (nSPS) is 14.4. The fraction of sp³-hybridized carbons (Fsp3) is 0.364. The smallest absolute Gasteiger partial charge is 0.251 e. The topological polar surface area (TPSA) is 67.4 Å². The zero-order valence-corrected chi connectivity index (χ0v) is 15.7. The third-order valence-electron chi connectivity index (χ3n) is 4.96. The van der Waals surface area contributed by atoms with Crippen molar-refractivity contribution in [1.82, 2.24) is 10.6 Å². The van der Waals surface area contributed by atoms with Gasteiger partial charge in [0.1, 0.15) is 5.75 Å². The van der Waals surface area contributed by atoms with Crippen LogP contribution in [0.4, 0.5) is 0 Å². The van der Waals surface area contributed by atoms with Crippen LogP contribution in [0, 0.1) is 0 Å². The molecule has 1 saturated carbocycles. The van der Waals surface area contributed by atoms with Gasteiger partial charge in [-0.25, -0.2) is 0 Å². The van der Waals surface area contributed by atoms with E-state index in [1.165, 1.54) is 19.3 Å². The second kappa shape index (κ2) is 9.21. The Hall–Kier alpha value is -2.82. The summed E-state index contributed by atoms with van der Waals surface area (Å²) in [5, 5.41) is 5.98. The molecule has 0 bridgehead atoms. The van der Waals surface area contributed by atoms with E-state index in [-0.39, 0.29) is 17.9 Å². The molecular weight excluding hydrogens is 340 g/mol. The number of ether oxygens (including phenoxy) is 1. The maximum atomic E-state index is 12.3. The Kier molecular flexibility index (Phi) is 6.47. The molecule has 2 aromatic carbocycles. The highest BCUT2D eigenvalue weighted by Gasteiger charge is 2.17. The summed E-state index contributed by atoms with van der Waals surface area (Å²) < 4.78 is 5.12. The molecular formula is C22H26N2O3.